The van der Waals surface area contributed by atoms with Crippen molar-refractivity contribution < 1.29 is 9.53 Å². The third-order valence-electron chi connectivity index (χ3n) is 3.15. The summed E-state index contributed by atoms with van der Waals surface area (Å²) in [6.45, 7) is 3.48. The van der Waals surface area contributed by atoms with E-state index in [9.17, 15) is 4.79 Å². The molecule has 1 heterocycles. The molecule has 0 aliphatic carbocycles. The van der Waals surface area contributed by atoms with Gasteiger partial charge >= 0.3 is 0 Å². The van der Waals surface area contributed by atoms with Gasteiger partial charge in [-0.1, -0.05) is 12.1 Å². The Labute approximate surface area is 130 Å². The lowest BCUT2D eigenvalue weighted by molar-refractivity contribution is 0.0953. The fourth-order valence-corrected chi connectivity index (χ4v) is 1.91. The average Bonchev–Trinajstić information content (AvgIpc) is 2.55. The third kappa shape index (κ3) is 4.86. The second-order valence-corrected chi connectivity index (χ2v) is 5.02. The highest BCUT2D eigenvalue weighted by Crippen LogP contribution is 2.12. The van der Waals surface area contributed by atoms with Crippen molar-refractivity contribution in [1.29, 1.82) is 0 Å². The number of benzene rings is 1. The molecule has 2 aromatic rings. The first-order valence-corrected chi connectivity index (χ1v) is 7.31. The molecule has 0 unspecified atom stereocenters. The number of nitrogens with two attached hydrogens (primary N) is 1. The van der Waals surface area contributed by atoms with Crippen LogP contribution in [0.25, 0.3) is 0 Å². The Balaban J connectivity index is 1.93. The van der Waals surface area contributed by atoms with E-state index in [1.54, 1.807) is 12.3 Å². The lowest BCUT2D eigenvalue weighted by Gasteiger charge is -2.08. The molecule has 5 heteroatoms. The number of hydrogen-bond acceptors (Lipinski definition) is 4. The van der Waals surface area contributed by atoms with E-state index in [1.165, 1.54) is 0 Å². The van der Waals surface area contributed by atoms with E-state index in [2.05, 4.69) is 10.3 Å². The summed E-state index contributed by atoms with van der Waals surface area (Å²) < 4.78 is 5.67. The van der Waals surface area contributed by atoms with Crippen molar-refractivity contribution in [2.45, 2.75) is 20.0 Å². The molecule has 1 aromatic carbocycles. The van der Waals surface area contributed by atoms with Crippen LogP contribution in [0.2, 0.25) is 0 Å². The van der Waals surface area contributed by atoms with Crippen LogP contribution in [0.5, 0.6) is 5.75 Å². The summed E-state index contributed by atoms with van der Waals surface area (Å²) in [6, 6.07) is 11.2. The highest BCUT2D eigenvalue weighted by atomic mass is 16.5. The predicted octanol–water partition coefficient (Wildman–Crippen LogP) is 2.05. The van der Waals surface area contributed by atoms with Crippen LogP contribution in [0.15, 0.2) is 42.6 Å². The molecule has 0 saturated heterocycles. The fourth-order valence-electron chi connectivity index (χ4n) is 1.91. The number of carbonyl (C=O) groups is 1. The summed E-state index contributed by atoms with van der Waals surface area (Å²) in [7, 11) is 0. The summed E-state index contributed by atoms with van der Waals surface area (Å²) in [6.07, 6.45) is 2.47. The van der Waals surface area contributed by atoms with Crippen molar-refractivity contribution in [3.8, 4) is 5.75 Å². The smallest absolute Gasteiger partial charge is 0.251 e. The molecule has 0 atom stereocenters. The lowest BCUT2D eigenvalue weighted by atomic mass is 10.1. The zero-order valence-corrected chi connectivity index (χ0v) is 12.7. The number of hydrogen-bond donors (Lipinski definition) is 2. The van der Waals surface area contributed by atoms with Gasteiger partial charge in [0.2, 0.25) is 0 Å². The lowest BCUT2D eigenvalue weighted by Crippen LogP contribution is -2.26. The minimum absolute atomic E-state index is 0.0905. The third-order valence-corrected chi connectivity index (χ3v) is 3.15. The summed E-state index contributed by atoms with van der Waals surface area (Å²) >= 11 is 0. The first kappa shape index (κ1) is 16.0. The van der Waals surface area contributed by atoms with Crippen LogP contribution in [-0.4, -0.2) is 24.0 Å². The Hall–Kier alpha value is -2.40. The zero-order chi connectivity index (χ0) is 15.8. The van der Waals surface area contributed by atoms with Gasteiger partial charge in [0.1, 0.15) is 12.4 Å². The van der Waals surface area contributed by atoms with Crippen molar-refractivity contribution in [3.63, 3.8) is 0 Å². The molecule has 0 radical (unpaired) electrons. The number of aromatic nitrogens is 1. The monoisotopic (exact) mass is 299 g/mol. The number of pyridine rings is 1. The van der Waals surface area contributed by atoms with Crippen LogP contribution >= 0.6 is 0 Å². The molecule has 2 rings (SSSR count). The second kappa shape index (κ2) is 8.14. The standard InChI is InChI=1S/C17H21N3O2/c1-13-6-7-16(11-20-13)22-12-14-4-2-5-15(10-14)17(21)19-9-3-8-18/h2,4-7,10-11H,3,8-9,12,18H2,1H3,(H,19,21). The molecule has 0 saturated carbocycles. The van der Waals surface area contributed by atoms with Gasteiger partial charge in [0.15, 0.2) is 0 Å². The van der Waals surface area contributed by atoms with E-state index >= 15 is 0 Å². The molecule has 0 bridgehead atoms. The van der Waals surface area contributed by atoms with Crippen molar-refractivity contribution in [1.82, 2.24) is 10.3 Å². The maximum Gasteiger partial charge on any atom is 0.251 e. The van der Waals surface area contributed by atoms with Crippen LogP contribution in [-0.2, 0) is 6.61 Å². The fraction of sp³-hybridized carbons (Fsp3) is 0.294. The first-order valence-electron chi connectivity index (χ1n) is 7.31. The number of ether oxygens (including phenoxy) is 1. The normalized spacial score (nSPS) is 10.3. The highest BCUT2D eigenvalue weighted by molar-refractivity contribution is 5.94. The van der Waals surface area contributed by atoms with Crippen molar-refractivity contribution in [2.75, 3.05) is 13.1 Å². The minimum atomic E-state index is -0.0905. The topological polar surface area (TPSA) is 77.2 Å². The molecule has 3 N–H and O–H groups in total. The van der Waals surface area contributed by atoms with E-state index in [4.69, 9.17) is 10.5 Å². The van der Waals surface area contributed by atoms with Gasteiger partial charge in [-0.05, 0) is 49.7 Å². The molecule has 0 aliphatic heterocycles. The molecule has 0 fully saturated rings. The van der Waals surface area contributed by atoms with Gasteiger partial charge in [0.05, 0.1) is 6.20 Å². The Morgan fingerprint density at radius 3 is 2.91 bits per heavy atom. The Morgan fingerprint density at radius 1 is 1.32 bits per heavy atom. The van der Waals surface area contributed by atoms with Crippen molar-refractivity contribution in [3.05, 3.63) is 59.4 Å². The summed E-state index contributed by atoms with van der Waals surface area (Å²) in [5, 5.41) is 2.84. The summed E-state index contributed by atoms with van der Waals surface area (Å²) in [4.78, 5) is 16.2. The van der Waals surface area contributed by atoms with Crippen LogP contribution in [0, 0.1) is 6.92 Å². The van der Waals surface area contributed by atoms with E-state index in [0.29, 0.717) is 31.0 Å². The molecule has 116 valence electrons. The Kier molecular flexibility index (Phi) is 5.91. The van der Waals surface area contributed by atoms with E-state index in [-0.39, 0.29) is 5.91 Å². The van der Waals surface area contributed by atoms with Crippen LogP contribution in [0.4, 0.5) is 0 Å². The number of carbonyl (C=O) groups excluding carboxylic acids is 1. The largest absolute Gasteiger partial charge is 0.487 e. The van der Waals surface area contributed by atoms with Gasteiger partial charge in [-0.15, -0.1) is 0 Å². The van der Waals surface area contributed by atoms with Gasteiger partial charge in [-0.2, -0.15) is 0 Å². The second-order valence-electron chi connectivity index (χ2n) is 5.02. The number of amides is 1. The molecular formula is C17H21N3O2. The van der Waals surface area contributed by atoms with E-state index < -0.39 is 0 Å². The first-order chi connectivity index (χ1) is 10.7. The van der Waals surface area contributed by atoms with E-state index in [0.717, 1.165) is 17.7 Å². The van der Waals surface area contributed by atoms with E-state index in [1.807, 2.05) is 37.3 Å². The molecule has 5 nitrogen and oxygen atoms in total. The number of aryl methyl sites for hydroxylation is 1. The molecule has 22 heavy (non-hydrogen) atoms. The maximum atomic E-state index is 12.0. The van der Waals surface area contributed by atoms with Gasteiger partial charge < -0.3 is 15.8 Å². The number of nitrogens with one attached hydrogen (secondary N) is 1. The SMILES string of the molecule is Cc1ccc(OCc2cccc(C(=O)NCCCN)c2)cn1. The number of nitrogens with zero attached hydrogens (tertiary/aromatic N) is 1. The Morgan fingerprint density at radius 2 is 2.18 bits per heavy atom. The molecular weight excluding hydrogens is 278 g/mol. The predicted molar refractivity (Wildman–Crippen MR) is 85.8 cm³/mol. The summed E-state index contributed by atoms with van der Waals surface area (Å²) in [5.41, 5.74) is 7.92. The van der Waals surface area contributed by atoms with Crippen molar-refractivity contribution in [2.24, 2.45) is 5.73 Å². The Bertz CT molecular complexity index is 612. The summed E-state index contributed by atoms with van der Waals surface area (Å²) in [5.74, 6) is 0.621. The van der Waals surface area contributed by atoms with Gasteiger partial charge in [0.25, 0.3) is 5.91 Å². The molecule has 1 aromatic heterocycles. The quantitative estimate of drug-likeness (QED) is 0.767. The zero-order valence-electron chi connectivity index (χ0n) is 12.7. The highest BCUT2D eigenvalue weighted by Gasteiger charge is 2.06. The van der Waals surface area contributed by atoms with Crippen molar-refractivity contribution >= 4 is 5.91 Å². The van der Waals surface area contributed by atoms with Gasteiger partial charge in [-0.3, -0.25) is 9.78 Å². The maximum absolute atomic E-state index is 12.0. The number of rotatable bonds is 7. The minimum Gasteiger partial charge on any atom is -0.487 e. The van der Waals surface area contributed by atoms with Gasteiger partial charge in [-0.25, -0.2) is 0 Å². The van der Waals surface area contributed by atoms with Crippen LogP contribution < -0.4 is 15.8 Å². The van der Waals surface area contributed by atoms with Gasteiger partial charge in [0, 0.05) is 17.8 Å². The van der Waals surface area contributed by atoms with Crippen LogP contribution in [0.3, 0.4) is 0 Å². The van der Waals surface area contributed by atoms with Crippen LogP contribution in [0.1, 0.15) is 28.0 Å². The molecule has 0 spiro atoms. The molecule has 0 aliphatic rings. The average molecular weight is 299 g/mol. The molecule has 1 amide bonds.